The largest absolute Gasteiger partial charge is 0.462 e. The maximum absolute atomic E-state index is 12.8. The van der Waals surface area contributed by atoms with Crippen molar-refractivity contribution in [2.45, 2.75) is 258 Å². The normalized spacial score (nSPS) is 12.4. The molecule has 0 aliphatic carbocycles. The van der Waals surface area contributed by atoms with Crippen molar-refractivity contribution in [1.29, 1.82) is 0 Å². The first-order valence-corrected chi connectivity index (χ1v) is 24.5. The number of carbonyl (C=O) groups is 2. The number of carbonyl (C=O) groups excluding carboxylic acids is 2. The van der Waals surface area contributed by atoms with Gasteiger partial charge in [-0.3, -0.25) is 9.59 Å². The first-order chi connectivity index (χ1) is 27.6. The van der Waals surface area contributed by atoms with Crippen molar-refractivity contribution in [2.24, 2.45) is 0 Å². The van der Waals surface area contributed by atoms with Gasteiger partial charge in [-0.2, -0.15) is 0 Å². The predicted octanol–water partition coefficient (Wildman–Crippen LogP) is 16.2. The van der Waals surface area contributed by atoms with E-state index >= 15 is 0 Å². The zero-order valence-electron chi connectivity index (χ0n) is 37.7. The van der Waals surface area contributed by atoms with Crippen LogP contribution in [0.15, 0.2) is 36.5 Å². The van der Waals surface area contributed by atoms with Gasteiger partial charge in [0.1, 0.15) is 6.61 Å². The van der Waals surface area contributed by atoms with Gasteiger partial charge in [-0.25, -0.2) is 0 Å². The Kier molecular flexibility index (Phi) is 45.9. The van der Waals surface area contributed by atoms with Crippen molar-refractivity contribution in [3.63, 3.8) is 0 Å². The minimum Gasteiger partial charge on any atom is -0.462 e. The lowest BCUT2D eigenvalue weighted by atomic mass is 10.0. The summed E-state index contributed by atoms with van der Waals surface area (Å²) in [5, 5.41) is 0. The number of unbranched alkanes of at least 4 members (excludes halogenated alkanes) is 28. The topological polar surface area (TPSA) is 61.8 Å². The molecule has 0 aliphatic heterocycles. The minimum absolute atomic E-state index is 0.0808. The van der Waals surface area contributed by atoms with Gasteiger partial charge in [0.25, 0.3) is 0 Å². The van der Waals surface area contributed by atoms with Crippen molar-refractivity contribution < 1.29 is 23.8 Å². The van der Waals surface area contributed by atoms with Gasteiger partial charge in [0.2, 0.25) is 0 Å². The molecule has 0 fully saturated rings. The van der Waals surface area contributed by atoms with Crippen LogP contribution in [0.3, 0.4) is 0 Å². The van der Waals surface area contributed by atoms with Crippen LogP contribution < -0.4 is 0 Å². The van der Waals surface area contributed by atoms with E-state index in [0.717, 1.165) is 57.8 Å². The molecule has 0 amide bonds. The van der Waals surface area contributed by atoms with Gasteiger partial charge in [0.05, 0.1) is 6.61 Å². The minimum atomic E-state index is -0.539. The van der Waals surface area contributed by atoms with E-state index in [2.05, 4.69) is 57.2 Å². The molecular formula is C51H94O5. The number of esters is 2. The number of hydrogen-bond acceptors (Lipinski definition) is 5. The number of ether oxygens (including phenoxy) is 3. The Balaban J connectivity index is 4.26. The van der Waals surface area contributed by atoms with E-state index in [9.17, 15) is 9.59 Å². The smallest absolute Gasteiger partial charge is 0.306 e. The van der Waals surface area contributed by atoms with Gasteiger partial charge < -0.3 is 14.2 Å². The van der Waals surface area contributed by atoms with Crippen molar-refractivity contribution >= 4 is 11.9 Å². The van der Waals surface area contributed by atoms with Crippen LogP contribution in [-0.2, 0) is 23.8 Å². The maximum atomic E-state index is 12.8. The first-order valence-electron chi connectivity index (χ1n) is 24.5. The quantitative estimate of drug-likeness (QED) is 0.0349. The molecule has 56 heavy (non-hydrogen) atoms. The highest BCUT2D eigenvalue weighted by Crippen LogP contribution is 2.15. The van der Waals surface area contributed by atoms with Gasteiger partial charge in [-0.1, -0.05) is 205 Å². The molecule has 5 nitrogen and oxygen atoms in total. The highest BCUT2D eigenvalue weighted by molar-refractivity contribution is 5.70. The Bertz CT molecular complexity index is 893. The van der Waals surface area contributed by atoms with Crippen LogP contribution in [0.2, 0.25) is 0 Å². The maximum Gasteiger partial charge on any atom is 0.306 e. The number of hydrogen-bond donors (Lipinski definition) is 0. The highest BCUT2D eigenvalue weighted by Gasteiger charge is 2.17. The van der Waals surface area contributed by atoms with E-state index in [0.29, 0.717) is 19.4 Å². The van der Waals surface area contributed by atoms with Gasteiger partial charge in [-0.15, -0.1) is 0 Å². The SMILES string of the molecule is CCC/C=C\C/C=C\CCCCCCCCOCC(COC(=O)CCCCCCC/C=C\CCCCCC)OC(=O)CCCCCCCCCCCCCCC. The Hall–Kier alpha value is -1.88. The fraction of sp³-hybridized carbons (Fsp3) is 0.843. The highest BCUT2D eigenvalue weighted by atomic mass is 16.6. The number of allylic oxidation sites excluding steroid dienone is 6. The summed E-state index contributed by atoms with van der Waals surface area (Å²) in [6, 6.07) is 0. The zero-order valence-corrected chi connectivity index (χ0v) is 37.7. The Morgan fingerprint density at radius 1 is 0.393 bits per heavy atom. The van der Waals surface area contributed by atoms with Crippen LogP contribution in [-0.4, -0.2) is 37.9 Å². The molecule has 0 aromatic rings. The molecule has 0 heterocycles. The Morgan fingerprint density at radius 3 is 1.29 bits per heavy atom. The van der Waals surface area contributed by atoms with Gasteiger partial charge in [0.15, 0.2) is 6.10 Å². The van der Waals surface area contributed by atoms with E-state index < -0.39 is 6.10 Å². The third-order valence-electron chi connectivity index (χ3n) is 10.6. The Labute approximate surface area is 349 Å². The van der Waals surface area contributed by atoms with E-state index in [4.69, 9.17) is 14.2 Å². The molecule has 1 unspecified atom stereocenters. The van der Waals surface area contributed by atoms with E-state index in [-0.39, 0.29) is 25.2 Å². The van der Waals surface area contributed by atoms with Crippen molar-refractivity contribution in [3.8, 4) is 0 Å². The summed E-state index contributed by atoms with van der Waals surface area (Å²) in [6.45, 7) is 7.75. The molecular weight excluding hydrogens is 693 g/mol. The summed E-state index contributed by atoms with van der Waals surface area (Å²) >= 11 is 0. The average Bonchev–Trinajstić information content (AvgIpc) is 3.20. The monoisotopic (exact) mass is 787 g/mol. The first kappa shape index (κ1) is 54.1. The predicted molar refractivity (Wildman–Crippen MR) is 242 cm³/mol. The van der Waals surface area contributed by atoms with Crippen LogP contribution >= 0.6 is 0 Å². The fourth-order valence-electron chi connectivity index (χ4n) is 6.95. The molecule has 0 rings (SSSR count). The summed E-state index contributed by atoms with van der Waals surface area (Å²) in [6.07, 6.45) is 55.7. The van der Waals surface area contributed by atoms with Crippen molar-refractivity contribution in [3.05, 3.63) is 36.5 Å². The summed E-state index contributed by atoms with van der Waals surface area (Å²) in [5.74, 6) is -0.403. The molecule has 328 valence electrons. The van der Waals surface area contributed by atoms with Crippen LogP contribution in [0.1, 0.15) is 252 Å². The van der Waals surface area contributed by atoms with E-state index in [1.165, 1.54) is 161 Å². The molecule has 0 saturated heterocycles. The second-order valence-electron chi connectivity index (χ2n) is 16.4. The van der Waals surface area contributed by atoms with Crippen molar-refractivity contribution in [1.82, 2.24) is 0 Å². The molecule has 0 aliphatic rings. The standard InChI is InChI=1S/C51H94O5/c1-4-7-10-13-16-19-22-25-28-31-34-37-40-43-46-54-47-49(56-51(53)45-42-39-36-33-30-27-24-21-18-15-12-9-6-3)48-55-50(52)44-41-38-35-32-29-26-23-20-17-14-11-8-5-2/h10,13,19-20,22-23,49H,4-9,11-12,14-18,21,24-48H2,1-3H3/b13-10-,22-19-,23-20-. The molecule has 5 heteroatoms. The van der Waals surface area contributed by atoms with Gasteiger partial charge in [0, 0.05) is 19.4 Å². The lowest BCUT2D eigenvalue weighted by Crippen LogP contribution is -2.30. The summed E-state index contributed by atoms with van der Waals surface area (Å²) in [5.41, 5.74) is 0. The molecule has 0 bridgehead atoms. The van der Waals surface area contributed by atoms with Gasteiger partial charge >= 0.3 is 11.9 Å². The zero-order chi connectivity index (χ0) is 40.7. The van der Waals surface area contributed by atoms with Crippen LogP contribution in [0.5, 0.6) is 0 Å². The summed E-state index contributed by atoms with van der Waals surface area (Å²) < 4.78 is 17.4. The molecule has 0 radical (unpaired) electrons. The molecule has 0 N–H and O–H groups in total. The lowest BCUT2D eigenvalue weighted by molar-refractivity contribution is -0.163. The fourth-order valence-corrected chi connectivity index (χ4v) is 6.95. The molecule has 0 aromatic heterocycles. The summed E-state index contributed by atoms with van der Waals surface area (Å²) in [4.78, 5) is 25.3. The molecule has 0 aromatic carbocycles. The van der Waals surface area contributed by atoms with Crippen LogP contribution in [0.4, 0.5) is 0 Å². The molecule has 1 atom stereocenters. The van der Waals surface area contributed by atoms with E-state index in [1.54, 1.807) is 0 Å². The second-order valence-corrected chi connectivity index (χ2v) is 16.4. The molecule has 0 spiro atoms. The number of rotatable bonds is 45. The summed E-state index contributed by atoms with van der Waals surface area (Å²) in [7, 11) is 0. The lowest BCUT2D eigenvalue weighted by Gasteiger charge is -2.18. The Morgan fingerprint density at radius 2 is 0.786 bits per heavy atom. The third kappa shape index (κ3) is 44.8. The van der Waals surface area contributed by atoms with Crippen LogP contribution in [0.25, 0.3) is 0 Å². The van der Waals surface area contributed by atoms with Gasteiger partial charge in [-0.05, 0) is 70.6 Å². The van der Waals surface area contributed by atoms with E-state index in [1.807, 2.05) is 0 Å². The third-order valence-corrected chi connectivity index (χ3v) is 10.6. The van der Waals surface area contributed by atoms with Crippen molar-refractivity contribution in [2.75, 3.05) is 19.8 Å². The van der Waals surface area contributed by atoms with Crippen LogP contribution in [0, 0.1) is 0 Å². The molecule has 0 saturated carbocycles. The second kappa shape index (κ2) is 47.5. The average molecular weight is 787 g/mol.